The van der Waals surface area contributed by atoms with Gasteiger partial charge in [0.05, 0.1) is 5.56 Å². The Morgan fingerprint density at radius 1 is 1.14 bits per heavy atom. The van der Waals surface area contributed by atoms with Crippen molar-refractivity contribution in [3.63, 3.8) is 0 Å². The maximum absolute atomic E-state index is 12.9. The van der Waals surface area contributed by atoms with E-state index < -0.39 is 0 Å². The molecule has 0 unspecified atom stereocenters. The van der Waals surface area contributed by atoms with Crippen LogP contribution in [0.4, 0.5) is 5.82 Å². The zero-order valence-electron chi connectivity index (χ0n) is 15.8. The first-order valence-electron chi connectivity index (χ1n) is 9.51. The second kappa shape index (κ2) is 8.18. The van der Waals surface area contributed by atoms with Crippen LogP contribution in [0.2, 0.25) is 0 Å². The van der Waals surface area contributed by atoms with Crippen molar-refractivity contribution in [2.24, 2.45) is 0 Å². The number of hydrogen-bond donors (Lipinski definition) is 1. The van der Waals surface area contributed by atoms with Gasteiger partial charge < -0.3 is 5.11 Å². The number of amides is 1. The topological polar surface area (TPSA) is 96.3 Å². The minimum absolute atomic E-state index is 0.0597. The number of benzene rings is 1. The third kappa shape index (κ3) is 3.99. The minimum Gasteiger partial charge on any atom is -0.493 e. The monoisotopic (exact) mass is 388 g/mol. The van der Waals surface area contributed by atoms with E-state index >= 15 is 0 Å². The highest BCUT2D eigenvalue weighted by Crippen LogP contribution is 2.33. The molecule has 0 saturated carbocycles. The number of rotatable bonds is 5. The molecular formula is C22H20N4O3. The molecule has 29 heavy (non-hydrogen) atoms. The highest BCUT2D eigenvalue weighted by molar-refractivity contribution is 5.94. The van der Waals surface area contributed by atoms with Crippen LogP contribution in [0.3, 0.4) is 0 Å². The summed E-state index contributed by atoms with van der Waals surface area (Å²) in [6.07, 6.45) is 4.67. The van der Waals surface area contributed by atoms with Crippen molar-refractivity contribution < 1.29 is 14.7 Å². The first-order chi connectivity index (χ1) is 14.2. The first-order valence-corrected chi connectivity index (χ1v) is 9.51. The van der Waals surface area contributed by atoms with Crippen molar-refractivity contribution >= 4 is 18.0 Å². The van der Waals surface area contributed by atoms with E-state index in [1.165, 1.54) is 0 Å². The average Bonchev–Trinajstić information content (AvgIpc) is 2.78. The Bertz CT molecular complexity index is 1040. The summed E-state index contributed by atoms with van der Waals surface area (Å²) in [5.74, 6) is 0.602. The molecule has 7 nitrogen and oxygen atoms in total. The largest absolute Gasteiger partial charge is 0.493 e. The predicted octanol–water partition coefficient (Wildman–Crippen LogP) is 2.97. The van der Waals surface area contributed by atoms with Crippen molar-refractivity contribution in [2.45, 2.75) is 25.7 Å². The molecule has 3 heterocycles. The Hall–Kier alpha value is -3.61. The molecule has 1 aliphatic heterocycles. The van der Waals surface area contributed by atoms with Gasteiger partial charge in [0, 0.05) is 24.7 Å². The Labute approximate surface area is 168 Å². The molecule has 2 aromatic heterocycles. The maximum Gasteiger partial charge on any atom is 0.228 e. The fourth-order valence-corrected chi connectivity index (χ4v) is 3.43. The van der Waals surface area contributed by atoms with E-state index in [9.17, 15) is 14.7 Å². The quantitative estimate of drug-likeness (QED) is 0.675. The lowest BCUT2D eigenvalue weighted by molar-refractivity contribution is -0.118. The third-order valence-electron chi connectivity index (χ3n) is 4.97. The Kier molecular flexibility index (Phi) is 5.29. The fraction of sp³-hybridized carbons (Fsp3) is 0.227. The molecule has 7 heteroatoms. The van der Waals surface area contributed by atoms with E-state index in [0.29, 0.717) is 54.3 Å². The molecule has 1 aliphatic rings. The van der Waals surface area contributed by atoms with Gasteiger partial charge >= 0.3 is 0 Å². The van der Waals surface area contributed by atoms with Gasteiger partial charge in [-0.05, 0) is 37.0 Å². The van der Waals surface area contributed by atoms with Gasteiger partial charge in [0.2, 0.25) is 11.8 Å². The van der Waals surface area contributed by atoms with E-state index in [4.69, 9.17) is 0 Å². The van der Waals surface area contributed by atoms with Crippen LogP contribution in [0.1, 0.15) is 34.3 Å². The molecule has 4 rings (SSSR count). The van der Waals surface area contributed by atoms with Crippen molar-refractivity contribution in [3.05, 3.63) is 65.4 Å². The number of carbonyl (C=O) groups is 2. The number of aromatic hydroxyl groups is 1. The Balaban J connectivity index is 1.57. The van der Waals surface area contributed by atoms with Crippen molar-refractivity contribution in [1.29, 1.82) is 0 Å². The molecule has 1 amide bonds. The molecule has 0 aliphatic carbocycles. The Morgan fingerprint density at radius 3 is 2.69 bits per heavy atom. The SMILES string of the molecule is O=Cc1ccc(CCC(=O)N2CCCc3c(O)nc(-c4ccccn4)nc32)cc1. The van der Waals surface area contributed by atoms with E-state index in [-0.39, 0.29) is 11.8 Å². The van der Waals surface area contributed by atoms with Crippen LogP contribution >= 0.6 is 0 Å². The number of anilines is 1. The van der Waals surface area contributed by atoms with Crippen LogP contribution in [0.25, 0.3) is 11.5 Å². The van der Waals surface area contributed by atoms with Crippen molar-refractivity contribution in [2.75, 3.05) is 11.4 Å². The number of aldehydes is 1. The van der Waals surface area contributed by atoms with Crippen molar-refractivity contribution in [3.8, 4) is 17.4 Å². The van der Waals surface area contributed by atoms with Gasteiger partial charge in [-0.2, -0.15) is 4.98 Å². The lowest BCUT2D eigenvalue weighted by Crippen LogP contribution is -2.36. The Morgan fingerprint density at radius 2 is 1.97 bits per heavy atom. The normalized spacial score (nSPS) is 13.0. The zero-order valence-corrected chi connectivity index (χ0v) is 15.8. The minimum atomic E-state index is -0.0994. The zero-order chi connectivity index (χ0) is 20.2. The summed E-state index contributed by atoms with van der Waals surface area (Å²) < 4.78 is 0. The number of carbonyl (C=O) groups excluding carboxylic acids is 2. The van der Waals surface area contributed by atoms with E-state index in [1.807, 2.05) is 18.2 Å². The van der Waals surface area contributed by atoms with Crippen LogP contribution in [0, 0.1) is 0 Å². The second-order valence-electron chi connectivity index (χ2n) is 6.90. The first kappa shape index (κ1) is 18.7. The number of hydrogen-bond acceptors (Lipinski definition) is 6. The van der Waals surface area contributed by atoms with Gasteiger partial charge in [-0.15, -0.1) is 0 Å². The second-order valence-corrected chi connectivity index (χ2v) is 6.90. The summed E-state index contributed by atoms with van der Waals surface area (Å²) in [5.41, 5.74) is 2.73. The van der Waals surface area contributed by atoms with Crippen LogP contribution < -0.4 is 4.90 Å². The summed E-state index contributed by atoms with van der Waals surface area (Å²) in [6, 6.07) is 12.6. The van der Waals surface area contributed by atoms with Crippen LogP contribution in [0.15, 0.2) is 48.7 Å². The maximum atomic E-state index is 12.9. The summed E-state index contributed by atoms with van der Waals surface area (Å²) in [6.45, 7) is 0.550. The lowest BCUT2D eigenvalue weighted by Gasteiger charge is -2.28. The van der Waals surface area contributed by atoms with Crippen LogP contribution in [-0.4, -0.2) is 38.8 Å². The summed E-state index contributed by atoms with van der Waals surface area (Å²) >= 11 is 0. The van der Waals surface area contributed by atoms with Crippen LogP contribution in [0.5, 0.6) is 5.88 Å². The van der Waals surface area contributed by atoms with Crippen molar-refractivity contribution in [1.82, 2.24) is 15.0 Å². The highest BCUT2D eigenvalue weighted by atomic mass is 16.3. The summed E-state index contributed by atoms with van der Waals surface area (Å²) in [7, 11) is 0. The highest BCUT2D eigenvalue weighted by Gasteiger charge is 2.27. The predicted molar refractivity (Wildman–Crippen MR) is 108 cm³/mol. The molecule has 1 N–H and O–H groups in total. The summed E-state index contributed by atoms with van der Waals surface area (Å²) in [4.78, 5) is 38.3. The third-order valence-corrected chi connectivity index (χ3v) is 4.97. The van der Waals surface area contributed by atoms with Gasteiger partial charge in [-0.25, -0.2) is 4.98 Å². The molecule has 1 aromatic carbocycles. The summed E-state index contributed by atoms with van der Waals surface area (Å²) in [5, 5.41) is 10.4. The number of nitrogens with zero attached hydrogens (tertiary/aromatic N) is 4. The smallest absolute Gasteiger partial charge is 0.228 e. The van der Waals surface area contributed by atoms with Gasteiger partial charge in [0.1, 0.15) is 17.8 Å². The van der Waals surface area contributed by atoms with Crippen LogP contribution in [-0.2, 0) is 17.6 Å². The molecule has 0 bridgehead atoms. The number of pyridine rings is 1. The number of aromatic nitrogens is 3. The van der Waals surface area contributed by atoms with Gasteiger partial charge in [-0.3, -0.25) is 19.5 Å². The molecule has 0 spiro atoms. The van der Waals surface area contributed by atoms with E-state index in [0.717, 1.165) is 18.3 Å². The number of fused-ring (bicyclic) bond motifs is 1. The molecule has 3 aromatic rings. The molecule has 146 valence electrons. The van der Waals surface area contributed by atoms with E-state index in [1.54, 1.807) is 35.4 Å². The van der Waals surface area contributed by atoms with Gasteiger partial charge in [-0.1, -0.05) is 30.3 Å². The van der Waals surface area contributed by atoms with Gasteiger partial charge in [0.15, 0.2) is 5.82 Å². The standard InChI is InChI=1S/C22H20N4O3/c27-14-16-8-6-15(7-9-16)10-11-19(28)26-13-3-4-17-21(26)24-20(25-22(17)29)18-5-1-2-12-23-18/h1-2,5-9,12,14H,3-4,10-11,13H2,(H,24,25,29). The van der Waals surface area contributed by atoms with E-state index in [2.05, 4.69) is 15.0 Å². The lowest BCUT2D eigenvalue weighted by atomic mass is 10.0. The average molecular weight is 388 g/mol. The molecule has 0 atom stereocenters. The number of aryl methyl sites for hydroxylation is 1. The fourth-order valence-electron chi connectivity index (χ4n) is 3.43. The molecule has 0 radical (unpaired) electrons. The molecular weight excluding hydrogens is 368 g/mol. The molecule has 0 saturated heterocycles. The molecule has 0 fully saturated rings. The van der Waals surface area contributed by atoms with Gasteiger partial charge in [0.25, 0.3) is 0 Å².